The summed E-state index contributed by atoms with van der Waals surface area (Å²) in [6.07, 6.45) is 0.387. The molecule has 1 amide bonds. The first-order chi connectivity index (χ1) is 12.2. The Bertz CT molecular complexity index is 812. The van der Waals surface area contributed by atoms with Crippen LogP contribution in [0.2, 0.25) is 0 Å². The Hall–Kier alpha value is -2.67. The number of hydrogen-bond donors (Lipinski definition) is 1. The quantitative estimate of drug-likeness (QED) is 0.699. The van der Waals surface area contributed by atoms with E-state index in [2.05, 4.69) is 15.5 Å². The topological polar surface area (TPSA) is 77.2 Å². The minimum atomic E-state index is -0.0563. The number of methoxy groups -OCH3 is 1. The van der Waals surface area contributed by atoms with E-state index in [9.17, 15) is 4.79 Å². The third kappa shape index (κ3) is 4.45. The van der Waals surface area contributed by atoms with E-state index in [0.29, 0.717) is 18.1 Å². The van der Waals surface area contributed by atoms with Gasteiger partial charge in [0.25, 0.3) is 0 Å². The molecule has 1 N–H and O–H groups in total. The fourth-order valence-corrected chi connectivity index (χ4v) is 3.06. The second-order valence-electron chi connectivity index (χ2n) is 5.64. The molecule has 1 atom stereocenters. The van der Waals surface area contributed by atoms with Crippen molar-refractivity contribution in [3.05, 3.63) is 53.2 Å². The van der Waals surface area contributed by atoms with Crippen LogP contribution in [0.1, 0.15) is 30.7 Å². The number of carbonyl (C=O) groups is 1. The van der Waals surface area contributed by atoms with E-state index in [4.69, 9.17) is 9.26 Å². The number of thiophene rings is 1. The predicted molar refractivity (Wildman–Crippen MR) is 95.5 cm³/mol. The summed E-state index contributed by atoms with van der Waals surface area (Å²) < 4.78 is 10.3. The second-order valence-corrected chi connectivity index (χ2v) is 6.59. The van der Waals surface area contributed by atoms with Crippen LogP contribution in [0, 0.1) is 0 Å². The highest BCUT2D eigenvalue weighted by Gasteiger charge is 2.14. The van der Waals surface area contributed by atoms with Crippen molar-refractivity contribution < 1.29 is 14.1 Å². The summed E-state index contributed by atoms with van der Waals surface area (Å²) in [7, 11) is 1.63. The number of nitrogens with zero attached hydrogens (tertiary/aromatic N) is 2. The van der Waals surface area contributed by atoms with Crippen LogP contribution in [0.3, 0.4) is 0 Å². The summed E-state index contributed by atoms with van der Waals surface area (Å²) in [5, 5.41) is 8.70. The Morgan fingerprint density at radius 3 is 2.80 bits per heavy atom. The van der Waals surface area contributed by atoms with E-state index in [1.165, 1.54) is 0 Å². The van der Waals surface area contributed by atoms with E-state index in [-0.39, 0.29) is 18.4 Å². The highest BCUT2D eigenvalue weighted by atomic mass is 32.1. The Morgan fingerprint density at radius 2 is 2.12 bits per heavy atom. The van der Waals surface area contributed by atoms with Gasteiger partial charge in [0.05, 0.1) is 18.5 Å². The van der Waals surface area contributed by atoms with E-state index in [0.717, 1.165) is 16.2 Å². The summed E-state index contributed by atoms with van der Waals surface area (Å²) in [5.41, 5.74) is 1.09. The highest BCUT2D eigenvalue weighted by molar-refractivity contribution is 7.13. The Labute approximate surface area is 149 Å². The zero-order valence-corrected chi connectivity index (χ0v) is 14.9. The number of aromatic nitrogens is 2. The molecule has 25 heavy (non-hydrogen) atoms. The fraction of sp³-hybridized carbons (Fsp3) is 0.278. The molecule has 1 unspecified atom stereocenters. The monoisotopic (exact) mass is 357 g/mol. The normalized spacial score (nSPS) is 11.9. The van der Waals surface area contributed by atoms with Gasteiger partial charge in [-0.25, -0.2) is 0 Å². The predicted octanol–water partition coefficient (Wildman–Crippen LogP) is 3.62. The SMILES string of the molecule is COc1ccc(C(C)CC(=O)NCc2nc(-c3cccs3)no2)cc1. The summed E-state index contributed by atoms with van der Waals surface area (Å²) in [4.78, 5) is 17.4. The van der Waals surface area contributed by atoms with E-state index in [1.807, 2.05) is 48.7 Å². The molecule has 0 bridgehead atoms. The molecule has 2 heterocycles. The van der Waals surface area contributed by atoms with Crippen molar-refractivity contribution in [3.63, 3.8) is 0 Å². The summed E-state index contributed by atoms with van der Waals surface area (Å²) >= 11 is 1.54. The Kier molecular flexibility index (Phi) is 5.45. The van der Waals surface area contributed by atoms with Crippen molar-refractivity contribution in [1.82, 2.24) is 15.5 Å². The summed E-state index contributed by atoms with van der Waals surface area (Å²) in [6, 6.07) is 11.6. The zero-order chi connectivity index (χ0) is 17.6. The number of carbonyl (C=O) groups excluding carboxylic acids is 1. The average molecular weight is 357 g/mol. The van der Waals surface area contributed by atoms with Crippen LogP contribution in [0.4, 0.5) is 0 Å². The molecule has 1 aromatic carbocycles. The second kappa shape index (κ2) is 7.94. The van der Waals surface area contributed by atoms with Gasteiger partial charge >= 0.3 is 0 Å². The zero-order valence-electron chi connectivity index (χ0n) is 14.1. The van der Waals surface area contributed by atoms with E-state index < -0.39 is 0 Å². The molecule has 0 aliphatic carbocycles. The molecule has 0 radical (unpaired) electrons. The van der Waals surface area contributed by atoms with Gasteiger partial charge in [0.2, 0.25) is 17.6 Å². The van der Waals surface area contributed by atoms with Crippen LogP contribution in [-0.4, -0.2) is 23.2 Å². The van der Waals surface area contributed by atoms with Crippen LogP contribution in [-0.2, 0) is 11.3 Å². The molecule has 0 fully saturated rings. The lowest BCUT2D eigenvalue weighted by Gasteiger charge is -2.12. The lowest BCUT2D eigenvalue weighted by molar-refractivity contribution is -0.121. The molecule has 2 aromatic heterocycles. The first-order valence-corrected chi connectivity index (χ1v) is 8.81. The number of ether oxygens (including phenoxy) is 1. The number of benzene rings is 1. The first kappa shape index (κ1) is 17.2. The highest BCUT2D eigenvalue weighted by Crippen LogP contribution is 2.22. The maximum absolute atomic E-state index is 12.1. The van der Waals surface area contributed by atoms with Crippen molar-refractivity contribution in [1.29, 1.82) is 0 Å². The van der Waals surface area contributed by atoms with Crippen LogP contribution in [0.25, 0.3) is 10.7 Å². The summed E-state index contributed by atoms with van der Waals surface area (Å²) in [6.45, 7) is 2.25. The van der Waals surface area contributed by atoms with Crippen molar-refractivity contribution in [2.75, 3.05) is 7.11 Å². The third-order valence-electron chi connectivity index (χ3n) is 3.82. The minimum Gasteiger partial charge on any atom is -0.497 e. The van der Waals surface area contributed by atoms with Gasteiger partial charge in [0.1, 0.15) is 5.75 Å². The molecule has 0 aliphatic heterocycles. The van der Waals surface area contributed by atoms with Crippen molar-refractivity contribution >= 4 is 17.2 Å². The number of nitrogens with one attached hydrogen (secondary N) is 1. The molecule has 130 valence electrons. The Morgan fingerprint density at radius 1 is 1.32 bits per heavy atom. The largest absolute Gasteiger partial charge is 0.497 e. The first-order valence-electron chi connectivity index (χ1n) is 7.93. The van der Waals surface area contributed by atoms with Crippen molar-refractivity contribution in [3.8, 4) is 16.5 Å². The van der Waals surface area contributed by atoms with E-state index >= 15 is 0 Å². The molecule has 0 aliphatic rings. The van der Waals surface area contributed by atoms with Crippen molar-refractivity contribution in [2.24, 2.45) is 0 Å². The lowest BCUT2D eigenvalue weighted by Crippen LogP contribution is -2.24. The van der Waals surface area contributed by atoms with Crippen LogP contribution in [0.5, 0.6) is 5.75 Å². The number of hydrogen-bond acceptors (Lipinski definition) is 6. The van der Waals surface area contributed by atoms with Gasteiger partial charge in [-0.15, -0.1) is 11.3 Å². The third-order valence-corrected chi connectivity index (χ3v) is 4.69. The van der Waals surface area contributed by atoms with Gasteiger partial charge in [-0.05, 0) is 35.1 Å². The Balaban J connectivity index is 1.50. The van der Waals surface area contributed by atoms with Crippen LogP contribution >= 0.6 is 11.3 Å². The smallest absolute Gasteiger partial charge is 0.246 e. The van der Waals surface area contributed by atoms with E-state index in [1.54, 1.807) is 18.4 Å². The lowest BCUT2D eigenvalue weighted by atomic mass is 9.97. The molecule has 3 aromatic rings. The minimum absolute atomic E-state index is 0.0563. The standard InChI is InChI=1S/C18H19N3O3S/c1-12(13-5-7-14(23-2)8-6-13)10-16(22)19-11-17-20-18(21-24-17)15-4-3-9-25-15/h3-9,12H,10-11H2,1-2H3,(H,19,22). The molecular formula is C18H19N3O3S. The average Bonchev–Trinajstić information content (AvgIpc) is 3.31. The van der Waals surface area contributed by atoms with Gasteiger partial charge in [0.15, 0.2) is 0 Å². The van der Waals surface area contributed by atoms with Gasteiger partial charge in [-0.1, -0.05) is 30.3 Å². The van der Waals surface area contributed by atoms with Crippen LogP contribution < -0.4 is 10.1 Å². The molecule has 0 saturated carbocycles. The molecule has 0 saturated heterocycles. The van der Waals surface area contributed by atoms with Gasteiger partial charge in [-0.2, -0.15) is 4.98 Å². The van der Waals surface area contributed by atoms with Gasteiger partial charge in [0, 0.05) is 6.42 Å². The molecule has 6 nitrogen and oxygen atoms in total. The maximum Gasteiger partial charge on any atom is 0.246 e. The fourth-order valence-electron chi connectivity index (χ4n) is 2.41. The molecule has 7 heteroatoms. The molecule has 0 spiro atoms. The number of rotatable bonds is 7. The maximum atomic E-state index is 12.1. The molecular weight excluding hydrogens is 338 g/mol. The van der Waals surface area contributed by atoms with Crippen LogP contribution in [0.15, 0.2) is 46.3 Å². The van der Waals surface area contributed by atoms with Crippen molar-refractivity contribution in [2.45, 2.75) is 25.8 Å². The number of amides is 1. The summed E-state index contributed by atoms with van der Waals surface area (Å²) in [5.74, 6) is 1.80. The van der Waals surface area contributed by atoms with Gasteiger partial charge in [-0.3, -0.25) is 4.79 Å². The van der Waals surface area contributed by atoms with Gasteiger partial charge < -0.3 is 14.6 Å². The molecule has 3 rings (SSSR count).